The molecule has 0 bridgehead atoms. The van der Waals surface area contributed by atoms with Crippen LogP contribution in [0.15, 0.2) is 36.9 Å². The van der Waals surface area contributed by atoms with Crippen LogP contribution in [0.1, 0.15) is 42.5 Å². The van der Waals surface area contributed by atoms with Crippen molar-refractivity contribution < 1.29 is 15.0 Å². The summed E-state index contributed by atoms with van der Waals surface area (Å²) < 4.78 is 0. The van der Waals surface area contributed by atoms with Crippen molar-refractivity contribution in [2.75, 3.05) is 19.4 Å². The first-order chi connectivity index (χ1) is 14.2. The van der Waals surface area contributed by atoms with E-state index in [9.17, 15) is 15.0 Å². The fourth-order valence-electron chi connectivity index (χ4n) is 3.40. The molecule has 1 aromatic carbocycles. The fraction of sp³-hybridized carbons (Fsp3) is 0.318. The number of carbonyl (C=O) groups excluding carboxylic acids is 1. The highest BCUT2D eigenvalue weighted by atomic mass is 35.5. The van der Waals surface area contributed by atoms with E-state index in [2.05, 4.69) is 11.6 Å². The van der Waals surface area contributed by atoms with E-state index in [1.807, 2.05) is 6.92 Å². The van der Waals surface area contributed by atoms with Crippen LogP contribution in [0.4, 0.5) is 5.82 Å². The van der Waals surface area contributed by atoms with Gasteiger partial charge in [-0.1, -0.05) is 37.2 Å². The van der Waals surface area contributed by atoms with Gasteiger partial charge in [0.2, 0.25) is 5.91 Å². The number of anilines is 1. The van der Waals surface area contributed by atoms with Crippen molar-refractivity contribution in [2.24, 2.45) is 5.73 Å². The summed E-state index contributed by atoms with van der Waals surface area (Å²) in [6, 6.07) is 6.33. The molecule has 0 aliphatic rings. The Hall–Kier alpha value is -2.90. The summed E-state index contributed by atoms with van der Waals surface area (Å²) in [6.45, 7) is 5.30. The Morgan fingerprint density at radius 2 is 2.07 bits per heavy atom. The zero-order valence-corrected chi connectivity index (χ0v) is 18.0. The van der Waals surface area contributed by atoms with Crippen LogP contribution in [0.25, 0.3) is 11.8 Å². The number of nitrogens with one attached hydrogen (secondary N) is 1. The molecule has 0 saturated carbocycles. The molecule has 1 heterocycles. The fourth-order valence-corrected chi connectivity index (χ4v) is 3.76. The molecule has 30 heavy (non-hydrogen) atoms. The quantitative estimate of drug-likeness (QED) is 0.388. The average Bonchev–Trinajstić information content (AvgIpc) is 3.02. The number of hydrogen-bond acceptors (Lipinski definition) is 5. The van der Waals surface area contributed by atoms with Crippen LogP contribution in [0.5, 0.6) is 5.75 Å². The molecule has 0 saturated heterocycles. The summed E-state index contributed by atoms with van der Waals surface area (Å²) in [4.78, 5) is 16.5. The highest BCUT2D eigenvalue weighted by Gasteiger charge is 2.26. The van der Waals surface area contributed by atoms with Gasteiger partial charge in [-0.15, -0.1) is 0 Å². The number of phenols is 1. The summed E-state index contributed by atoms with van der Waals surface area (Å²) in [5.74, 6) is 0.0670. The highest BCUT2D eigenvalue weighted by Crippen LogP contribution is 2.37. The summed E-state index contributed by atoms with van der Waals surface area (Å²) in [5.41, 5.74) is 14.4. The van der Waals surface area contributed by atoms with E-state index in [-0.39, 0.29) is 24.2 Å². The highest BCUT2D eigenvalue weighted by molar-refractivity contribution is 6.33. The van der Waals surface area contributed by atoms with Crippen molar-refractivity contribution in [3.05, 3.63) is 58.8 Å². The Morgan fingerprint density at radius 3 is 2.63 bits per heavy atom. The normalized spacial score (nSPS) is 13.7. The van der Waals surface area contributed by atoms with Crippen molar-refractivity contribution in [1.82, 2.24) is 9.88 Å². The number of halogens is 1. The van der Waals surface area contributed by atoms with E-state index >= 15 is 0 Å². The van der Waals surface area contributed by atoms with Crippen molar-refractivity contribution in [3.8, 4) is 5.75 Å². The van der Waals surface area contributed by atoms with E-state index in [4.69, 9.17) is 23.1 Å². The van der Waals surface area contributed by atoms with E-state index < -0.39 is 6.04 Å². The molecule has 2 atom stereocenters. The van der Waals surface area contributed by atoms with Crippen molar-refractivity contribution in [3.63, 3.8) is 0 Å². The molecular formula is C22H29ClN4O3. The molecule has 0 radical (unpaired) electrons. The van der Waals surface area contributed by atoms with Gasteiger partial charge >= 0.3 is 0 Å². The third kappa shape index (κ3) is 4.98. The maximum atomic E-state index is 11.9. The number of aliphatic hydroxyl groups is 1. The number of aromatic hydroxyl groups is 1. The number of phenolic OH excluding ortho intramolecular Hbond substituents is 1. The van der Waals surface area contributed by atoms with Gasteiger partial charge in [0.15, 0.2) is 0 Å². The Balaban J connectivity index is 2.36. The number of rotatable bonds is 9. The number of aliphatic hydroxyl groups excluding tert-OH is 1. The number of nitrogen functional groups attached to an aromatic ring is 1. The molecule has 162 valence electrons. The van der Waals surface area contributed by atoms with Gasteiger partial charge in [-0.3, -0.25) is 4.79 Å². The number of amides is 1. The topological polar surface area (TPSA) is 129 Å². The second-order valence-electron chi connectivity index (χ2n) is 7.13. The van der Waals surface area contributed by atoms with E-state index in [1.165, 1.54) is 11.0 Å². The number of benzene rings is 1. The molecule has 2 rings (SSSR count). The van der Waals surface area contributed by atoms with Crippen LogP contribution in [-0.4, -0.2) is 45.7 Å². The monoisotopic (exact) mass is 432 g/mol. The molecule has 0 aliphatic carbocycles. The first kappa shape index (κ1) is 23.4. The Labute approximate surface area is 181 Å². The standard InChI is InChI=1S/C22H29ClN4O3/c1-4-13(10-14(12-28)27(3)19(30)5-2)21-20(23)16(22(25)26-21)11-17(24)15-8-6-7-9-18(15)29/h5-9,11,13-14,26,28-29H,2,4,10,12,24-25H2,1,3H3/b17-11-/t13-,14+/m1/s1. The van der Waals surface area contributed by atoms with E-state index in [0.717, 1.165) is 0 Å². The predicted octanol–water partition coefficient (Wildman–Crippen LogP) is 3.30. The molecule has 8 heteroatoms. The largest absolute Gasteiger partial charge is 0.507 e. The van der Waals surface area contributed by atoms with Crippen molar-refractivity contribution in [2.45, 2.75) is 31.7 Å². The Bertz CT molecular complexity index is 938. The summed E-state index contributed by atoms with van der Waals surface area (Å²) in [5, 5.41) is 20.2. The number of carbonyl (C=O) groups is 1. The minimum absolute atomic E-state index is 0.0591. The van der Waals surface area contributed by atoms with Crippen molar-refractivity contribution >= 4 is 35.1 Å². The number of nitrogens with two attached hydrogens (primary N) is 2. The lowest BCUT2D eigenvalue weighted by molar-refractivity contribution is -0.127. The number of hydrogen-bond donors (Lipinski definition) is 5. The molecule has 7 N–H and O–H groups in total. The second-order valence-corrected chi connectivity index (χ2v) is 7.51. The predicted molar refractivity (Wildman–Crippen MR) is 122 cm³/mol. The maximum absolute atomic E-state index is 11.9. The third-order valence-electron chi connectivity index (χ3n) is 5.29. The van der Waals surface area contributed by atoms with Gasteiger partial charge in [-0.2, -0.15) is 0 Å². The lowest BCUT2D eigenvalue weighted by Crippen LogP contribution is -2.39. The molecule has 0 unspecified atom stereocenters. The summed E-state index contributed by atoms with van der Waals surface area (Å²) >= 11 is 6.64. The zero-order valence-electron chi connectivity index (χ0n) is 17.2. The van der Waals surface area contributed by atoms with Crippen LogP contribution in [0.2, 0.25) is 5.02 Å². The Morgan fingerprint density at radius 1 is 1.40 bits per heavy atom. The molecule has 0 aliphatic heterocycles. The molecule has 0 fully saturated rings. The first-order valence-corrected chi connectivity index (χ1v) is 10.0. The minimum Gasteiger partial charge on any atom is -0.507 e. The molecule has 1 aromatic heterocycles. The maximum Gasteiger partial charge on any atom is 0.246 e. The third-order valence-corrected chi connectivity index (χ3v) is 5.69. The number of nitrogens with zero attached hydrogens (tertiary/aromatic N) is 1. The number of likely N-dealkylation sites (N-methyl/N-ethyl adjacent to an activating group) is 1. The second kappa shape index (κ2) is 10.2. The number of H-pyrrole nitrogens is 1. The van der Waals surface area contributed by atoms with Crippen LogP contribution in [0.3, 0.4) is 0 Å². The van der Waals surface area contributed by atoms with E-state index in [0.29, 0.717) is 46.2 Å². The van der Waals surface area contributed by atoms with Gasteiger partial charge in [0.1, 0.15) is 11.6 Å². The number of aromatic amines is 1. The number of para-hydroxylation sites is 1. The lowest BCUT2D eigenvalue weighted by Gasteiger charge is -2.29. The van der Waals surface area contributed by atoms with E-state index in [1.54, 1.807) is 37.4 Å². The summed E-state index contributed by atoms with van der Waals surface area (Å²) in [6.07, 6.45) is 4.04. The van der Waals surface area contributed by atoms with Gasteiger partial charge in [0, 0.05) is 35.5 Å². The molecule has 7 nitrogen and oxygen atoms in total. The molecule has 0 spiro atoms. The molecular weight excluding hydrogens is 404 g/mol. The first-order valence-electron chi connectivity index (χ1n) is 9.67. The Kier molecular flexibility index (Phi) is 7.97. The van der Waals surface area contributed by atoms with Crippen LogP contribution < -0.4 is 11.5 Å². The van der Waals surface area contributed by atoms with Gasteiger partial charge in [-0.05, 0) is 37.1 Å². The SMILES string of the molecule is C=CC(=O)N(C)[C@H](CO)C[C@@H](CC)c1[nH]c(N)c(/C=C(\N)c2ccccc2O)c1Cl. The zero-order chi connectivity index (χ0) is 22.4. The van der Waals surface area contributed by atoms with Gasteiger partial charge < -0.3 is 31.6 Å². The lowest BCUT2D eigenvalue weighted by atomic mass is 9.93. The number of aromatic nitrogens is 1. The van der Waals surface area contributed by atoms with Gasteiger partial charge in [-0.25, -0.2) is 0 Å². The molecule has 2 aromatic rings. The average molecular weight is 433 g/mol. The van der Waals surface area contributed by atoms with Crippen LogP contribution in [-0.2, 0) is 4.79 Å². The molecule has 1 amide bonds. The van der Waals surface area contributed by atoms with Gasteiger partial charge in [0.25, 0.3) is 0 Å². The smallest absolute Gasteiger partial charge is 0.246 e. The van der Waals surface area contributed by atoms with Crippen LogP contribution in [0, 0.1) is 0 Å². The van der Waals surface area contributed by atoms with Crippen LogP contribution >= 0.6 is 11.6 Å². The summed E-state index contributed by atoms with van der Waals surface area (Å²) in [7, 11) is 1.63. The minimum atomic E-state index is -0.397. The van der Waals surface area contributed by atoms with Gasteiger partial charge in [0.05, 0.1) is 17.7 Å². The van der Waals surface area contributed by atoms with Crippen molar-refractivity contribution in [1.29, 1.82) is 0 Å².